The van der Waals surface area contributed by atoms with Crippen molar-refractivity contribution < 1.29 is 19.0 Å². The van der Waals surface area contributed by atoms with Crippen LogP contribution >= 0.6 is 0 Å². The third kappa shape index (κ3) is 5.05. The molecule has 39 heavy (non-hydrogen) atoms. The molecule has 0 amide bonds. The van der Waals surface area contributed by atoms with E-state index >= 15 is 4.39 Å². The van der Waals surface area contributed by atoms with Gasteiger partial charge in [-0.2, -0.15) is 15.3 Å². The molecule has 0 saturated heterocycles. The van der Waals surface area contributed by atoms with Crippen LogP contribution in [-0.4, -0.2) is 43.0 Å². The van der Waals surface area contributed by atoms with E-state index in [0.29, 0.717) is 64.4 Å². The average Bonchev–Trinajstić information content (AvgIpc) is 3.28. The van der Waals surface area contributed by atoms with Gasteiger partial charge in [0.1, 0.15) is 18.2 Å². The Hall–Kier alpha value is -4.36. The molecule has 1 N–H and O–H groups in total. The summed E-state index contributed by atoms with van der Waals surface area (Å²) in [5.41, 5.74) is 2.95. The molecule has 9 nitrogen and oxygen atoms in total. The summed E-state index contributed by atoms with van der Waals surface area (Å²) in [4.78, 5) is 29.4. The third-order valence-electron chi connectivity index (χ3n) is 7.14. The van der Waals surface area contributed by atoms with E-state index in [9.17, 15) is 14.9 Å². The fraction of sp³-hybridized carbons (Fsp3) is 0.345. The fourth-order valence-corrected chi connectivity index (χ4v) is 5.18. The SMILES string of the molecule is CCCc1c(Cc2ccc(-c3ccccc3C#N)cc2F)c(=O)n(C2CC(OCC(=O)O)C2)c2nc(C)nn12. The van der Waals surface area contributed by atoms with E-state index in [2.05, 4.69) is 16.2 Å². The summed E-state index contributed by atoms with van der Waals surface area (Å²) in [5.74, 6) is -0.562. The number of hydrogen-bond acceptors (Lipinski definition) is 6. The van der Waals surface area contributed by atoms with Crippen molar-refractivity contribution in [2.24, 2.45) is 0 Å². The van der Waals surface area contributed by atoms with Crippen LogP contribution in [0.2, 0.25) is 0 Å². The van der Waals surface area contributed by atoms with E-state index in [1.54, 1.807) is 52.4 Å². The van der Waals surface area contributed by atoms with E-state index in [0.717, 1.165) is 6.42 Å². The first-order valence-corrected chi connectivity index (χ1v) is 12.9. The van der Waals surface area contributed by atoms with Crippen molar-refractivity contribution in [2.45, 2.75) is 58.1 Å². The normalized spacial score (nSPS) is 16.7. The zero-order valence-corrected chi connectivity index (χ0v) is 21.7. The van der Waals surface area contributed by atoms with E-state index in [4.69, 9.17) is 9.84 Å². The smallest absolute Gasteiger partial charge is 0.329 e. The molecule has 2 aromatic heterocycles. The topological polar surface area (TPSA) is 123 Å². The monoisotopic (exact) mass is 529 g/mol. The van der Waals surface area contributed by atoms with Crippen LogP contribution in [0.5, 0.6) is 0 Å². The minimum atomic E-state index is -1.04. The van der Waals surface area contributed by atoms with Crippen molar-refractivity contribution in [3.8, 4) is 17.2 Å². The van der Waals surface area contributed by atoms with Gasteiger partial charge in [0, 0.05) is 18.0 Å². The zero-order chi connectivity index (χ0) is 27.7. The van der Waals surface area contributed by atoms with Gasteiger partial charge in [-0.05, 0) is 55.0 Å². The van der Waals surface area contributed by atoms with E-state index in [-0.39, 0.29) is 30.7 Å². The molecule has 2 heterocycles. The Morgan fingerprint density at radius 3 is 2.72 bits per heavy atom. The molecule has 1 saturated carbocycles. The number of benzene rings is 2. The van der Waals surface area contributed by atoms with Crippen LogP contribution in [0, 0.1) is 24.1 Å². The molecule has 0 radical (unpaired) electrons. The highest BCUT2D eigenvalue weighted by Gasteiger charge is 2.35. The molecular weight excluding hydrogens is 501 g/mol. The van der Waals surface area contributed by atoms with Gasteiger partial charge in [-0.15, -0.1) is 0 Å². The van der Waals surface area contributed by atoms with Crippen molar-refractivity contribution in [3.05, 3.63) is 86.8 Å². The quantitative estimate of drug-likeness (QED) is 0.344. The highest BCUT2D eigenvalue weighted by atomic mass is 19.1. The molecule has 10 heteroatoms. The Kier molecular flexibility index (Phi) is 7.26. The van der Waals surface area contributed by atoms with Gasteiger partial charge >= 0.3 is 5.97 Å². The number of aromatic nitrogens is 4. The van der Waals surface area contributed by atoms with Crippen molar-refractivity contribution in [1.29, 1.82) is 5.26 Å². The summed E-state index contributed by atoms with van der Waals surface area (Å²) in [5, 5.41) is 22.9. The van der Waals surface area contributed by atoms with Gasteiger partial charge in [-0.1, -0.05) is 43.7 Å². The molecule has 0 aliphatic heterocycles. The predicted octanol–water partition coefficient (Wildman–Crippen LogP) is 4.23. The Morgan fingerprint density at radius 2 is 2.03 bits per heavy atom. The van der Waals surface area contributed by atoms with Crippen molar-refractivity contribution in [2.75, 3.05) is 6.61 Å². The number of carboxylic acids is 1. The molecule has 1 fully saturated rings. The number of hydrogen-bond donors (Lipinski definition) is 1. The van der Waals surface area contributed by atoms with Crippen molar-refractivity contribution in [3.63, 3.8) is 0 Å². The highest BCUT2D eigenvalue weighted by Crippen LogP contribution is 2.35. The van der Waals surface area contributed by atoms with Gasteiger partial charge < -0.3 is 9.84 Å². The Labute approximate surface area is 224 Å². The number of carbonyl (C=O) groups is 1. The summed E-state index contributed by atoms with van der Waals surface area (Å²) in [6, 6.07) is 13.8. The minimum Gasteiger partial charge on any atom is -0.480 e. The maximum absolute atomic E-state index is 15.5. The molecule has 2 aromatic carbocycles. The number of rotatable bonds is 9. The van der Waals surface area contributed by atoms with Gasteiger partial charge in [0.15, 0.2) is 0 Å². The average molecular weight is 530 g/mol. The molecule has 0 bridgehead atoms. The molecule has 4 aromatic rings. The summed E-state index contributed by atoms with van der Waals surface area (Å²) in [7, 11) is 0. The van der Waals surface area contributed by atoms with Gasteiger partial charge in [-0.3, -0.25) is 9.36 Å². The predicted molar refractivity (Wildman–Crippen MR) is 141 cm³/mol. The molecular formula is C29H28FN5O4. The summed E-state index contributed by atoms with van der Waals surface area (Å²) in [6.45, 7) is 3.37. The lowest BCUT2D eigenvalue weighted by Gasteiger charge is -2.36. The van der Waals surface area contributed by atoms with E-state index in [1.807, 2.05) is 6.92 Å². The first-order valence-electron chi connectivity index (χ1n) is 12.9. The number of aliphatic carboxylic acids is 1. The lowest BCUT2D eigenvalue weighted by Crippen LogP contribution is -2.41. The van der Waals surface area contributed by atoms with Crippen LogP contribution in [0.15, 0.2) is 47.3 Å². The molecule has 1 aliphatic rings. The van der Waals surface area contributed by atoms with Crippen LogP contribution in [0.25, 0.3) is 16.9 Å². The number of nitriles is 1. The molecule has 1 aliphatic carbocycles. The van der Waals surface area contributed by atoms with Crippen LogP contribution in [0.4, 0.5) is 4.39 Å². The number of carboxylic acid groups (broad SMARTS) is 1. The van der Waals surface area contributed by atoms with Crippen molar-refractivity contribution >= 4 is 11.7 Å². The minimum absolute atomic E-state index is 0.0701. The first-order chi connectivity index (χ1) is 18.8. The lowest BCUT2D eigenvalue weighted by atomic mass is 9.88. The van der Waals surface area contributed by atoms with Gasteiger partial charge in [-0.25, -0.2) is 13.7 Å². The fourth-order valence-electron chi connectivity index (χ4n) is 5.18. The van der Waals surface area contributed by atoms with Crippen LogP contribution in [0.1, 0.15) is 60.4 Å². The standard InChI is InChI=1S/C29H28FN5O4/c1-3-6-26-24(11-19-10-9-18(12-25(19)30)23-8-5-4-7-20(23)15-31)28(38)34(29-32-17(2)33-35(26)29)21-13-22(14-21)39-16-27(36)37/h4-5,7-10,12,21-22H,3,6,11,13-14,16H2,1-2H3,(H,36,37). The zero-order valence-electron chi connectivity index (χ0n) is 21.7. The number of fused-ring (bicyclic) bond motifs is 1. The second-order valence-electron chi connectivity index (χ2n) is 9.81. The Balaban J connectivity index is 1.55. The van der Waals surface area contributed by atoms with Crippen LogP contribution in [0.3, 0.4) is 0 Å². The third-order valence-corrected chi connectivity index (χ3v) is 7.14. The van der Waals surface area contributed by atoms with Gasteiger partial charge in [0.05, 0.1) is 23.4 Å². The van der Waals surface area contributed by atoms with Crippen molar-refractivity contribution in [1.82, 2.24) is 19.2 Å². The summed E-state index contributed by atoms with van der Waals surface area (Å²) in [6.07, 6.45) is 2.08. The Bertz CT molecular complexity index is 1660. The van der Waals surface area contributed by atoms with Gasteiger partial charge in [0.25, 0.3) is 5.56 Å². The maximum atomic E-state index is 15.5. The maximum Gasteiger partial charge on any atom is 0.329 e. The molecule has 0 unspecified atom stereocenters. The molecule has 5 rings (SSSR count). The number of aryl methyl sites for hydroxylation is 2. The van der Waals surface area contributed by atoms with E-state index in [1.165, 1.54) is 6.07 Å². The lowest BCUT2D eigenvalue weighted by molar-refractivity contribution is -0.147. The second kappa shape index (κ2) is 10.8. The molecule has 200 valence electrons. The summed E-state index contributed by atoms with van der Waals surface area (Å²) < 4.78 is 24.2. The van der Waals surface area contributed by atoms with Gasteiger partial charge in [0.2, 0.25) is 5.78 Å². The van der Waals surface area contributed by atoms with Crippen LogP contribution < -0.4 is 5.56 Å². The van der Waals surface area contributed by atoms with E-state index < -0.39 is 11.8 Å². The first kappa shape index (κ1) is 26.3. The Morgan fingerprint density at radius 1 is 1.26 bits per heavy atom. The summed E-state index contributed by atoms with van der Waals surface area (Å²) >= 11 is 0. The number of ether oxygens (including phenoxy) is 1. The second-order valence-corrected chi connectivity index (χ2v) is 9.81. The molecule has 0 atom stereocenters. The molecule has 0 spiro atoms. The highest BCUT2D eigenvalue weighted by molar-refractivity contribution is 5.70. The van der Waals surface area contributed by atoms with Crippen LogP contribution in [-0.2, 0) is 22.4 Å². The largest absolute Gasteiger partial charge is 0.480 e. The number of halogens is 1. The number of nitrogens with zero attached hydrogens (tertiary/aromatic N) is 5.